The Bertz CT molecular complexity index is 172. The van der Waals surface area contributed by atoms with E-state index in [0.717, 1.165) is 12.0 Å². The lowest BCUT2D eigenvalue weighted by Crippen LogP contribution is -2.49. The maximum atomic E-state index is 5.91. The Morgan fingerprint density at radius 3 is 2.23 bits per heavy atom. The van der Waals surface area contributed by atoms with Gasteiger partial charge in [-0.2, -0.15) is 0 Å². The molecule has 0 saturated heterocycles. The van der Waals surface area contributed by atoms with E-state index in [2.05, 4.69) is 6.92 Å². The summed E-state index contributed by atoms with van der Waals surface area (Å²) >= 11 is 0. The Kier molecular flexibility index (Phi) is 2.39. The van der Waals surface area contributed by atoms with Crippen LogP contribution in [0.2, 0.25) is 0 Å². The van der Waals surface area contributed by atoms with E-state index >= 15 is 0 Å². The van der Waals surface area contributed by atoms with Gasteiger partial charge in [0.1, 0.15) is 0 Å². The summed E-state index contributed by atoms with van der Waals surface area (Å²) in [4.78, 5) is 0. The first-order chi connectivity index (χ1) is 6.24. The monoisotopic (exact) mass is 181 g/mol. The highest BCUT2D eigenvalue weighted by Gasteiger charge is 2.53. The van der Waals surface area contributed by atoms with Crippen LogP contribution in [0, 0.1) is 10.8 Å². The second-order valence-corrected chi connectivity index (χ2v) is 5.51. The maximum Gasteiger partial charge on any atom is -0.00201 e. The van der Waals surface area contributed by atoms with Crippen LogP contribution in [-0.4, -0.2) is 6.54 Å². The van der Waals surface area contributed by atoms with Gasteiger partial charge in [-0.1, -0.05) is 26.2 Å². The van der Waals surface area contributed by atoms with E-state index in [0.29, 0.717) is 5.41 Å². The molecule has 0 heterocycles. The van der Waals surface area contributed by atoms with Crippen molar-refractivity contribution in [1.82, 2.24) is 0 Å². The van der Waals surface area contributed by atoms with Gasteiger partial charge < -0.3 is 5.73 Å². The molecule has 2 N–H and O–H groups in total. The molecule has 0 aromatic rings. The molecular weight excluding hydrogens is 158 g/mol. The summed E-state index contributed by atoms with van der Waals surface area (Å²) in [5.41, 5.74) is 7.25. The van der Waals surface area contributed by atoms with Crippen molar-refractivity contribution in [1.29, 1.82) is 0 Å². The van der Waals surface area contributed by atoms with E-state index in [1.165, 1.54) is 51.4 Å². The zero-order valence-corrected chi connectivity index (χ0v) is 8.94. The fourth-order valence-electron chi connectivity index (χ4n) is 3.97. The molecule has 76 valence electrons. The molecule has 1 heteroatoms. The van der Waals surface area contributed by atoms with Gasteiger partial charge in [-0.15, -0.1) is 0 Å². The van der Waals surface area contributed by atoms with Gasteiger partial charge in [0.25, 0.3) is 0 Å². The minimum absolute atomic E-state index is 0.569. The third-order valence-corrected chi connectivity index (χ3v) is 4.38. The average molecular weight is 181 g/mol. The van der Waals surface area contributed by atoms with Crippen LogP contribution in [-0.2, 0) is 0 Å². The van der Waals surface area contributed by atoms with Crippen LogP contribution in [0.25, 0.3) is 0 Å². The van der Waals surface area contributed by atoms with E-state index in [9.17, 15) is 0 Å². The Balaban J connectivity index is 1.92. The lowest BCUT2D eigenvalue weighted by atomic mass is 9.50. The average Bonchev–Trinajstić information content (AvgIpc) is 2.52. The highest BCUT2D eigenvalue weighted by molar-refractivity contribution is 5.05. The van der Waals surface area contributed by atoms with Gasteiger partial charge in [0.15, 0.2) is 0 Å². The summed E-state index contributed by atoms with van der Waals surface area (Å²) in [6.45, 7) is 3.22. The second-order valence-electron chi connectivity index (χ2n) is 5.51. The predicted molar refractivity (Wildman–Crippen MR) is 56.5 cm³/mol. The number of rotatable bonds is 3. The summed E-state index contributed by atoms with van der Waals surface area (Å²) in [5, 5.41) is 0. The molecule has 0 atom stereocenters. The molecule has 1 nitrogen and oxygen atoms in total. The summed E-state index contributed by atoms with van der Waals surface area (Å²) in [7, 11) is 0. The molecule has 0 radical (unpaired) electrons. The minimum atomic E-state index is 0.569. The molecule has 0 aliphatic heterocycles. The molecule has 2 fully saturated rings. The van der Waals surface area contributed by atoms with Gasteiger partial charge in [0.05, 0.1) is 0 Å². The van der Waals surface area contributed by atoms with Gasteiger partial charge in [0, 0.05) is 0 Å². The molecule has 2 aliphatic carbocycles. The zero-order chi connectivity index (χ0) is 9.36. The number of hydrogen-bond acceptors (Lipinski definition) is 1. The van der Waals surface area contributed by atoms with Crippen LogP contribution >= 0.6 is 0 Å². The molecule has 0 aromatic carbocycles. The highest BCUT2D eigenvalue weighted by Crippen LogP contribution is 2.63. The van der Waals surface area contributed by atoms with Crippen molar-refractivity contribution < 1.29 is 0 Å². The topological polar surface area (TPSA) is 26.0 Å². The van der Waals surface area contributed by atoms with Crippen LogP contribution in [0.15, 0.2) is 0 Å². The molecule has 2 rings (SSSR count). The quantitative estimate of drug-likeness (QED) is 0.711. The molecule has 2 saturated carbocycles. The van der Waals surface area contributed by atoms with Crippen molar-refractivity contribution in [2.75, 3.05) is 6.54 Å². The van der Waals surface area contributed by atoms with Crippen molar-refractivity contribution in [2.24, 2.45) is 16.6 Å². The molecular formula is C12H23N. The minimum Gasteiger partial charge on any atom is -0.330 e. The van der Waals surface area contributed by atoms with Gasteiger partial charge in [-0.05, 0) is 49.5 Å². The summed E-state index contributed by atoms with van der Waals surface area (Å²) in [5.74, 6) is 0. The number of hydrogen-bond donors (Lipinski definition) is 1. The Hall–Kier alpha value is -0.0400. The van der Waals surface area contributed by atoms with E-state index in [4.69, 9.17) is 5.73 Å². The van der Waals surface area contributed by atoms with Crippen molar-refractivity contribution in [2.45, 2.75) is 58.3 Å². The van der Waals surface area contributed by atoms with Crippen LogP contribution in [0.3, 0.4) is 0 Å². The Morgan fingerprint density at radius 1 is 1.15 bits per heavy atom. The molecule has 0 amide bonds. The van der Waals surface area contributed by atoms with Crippen molar-refractivity contribution in [3.05, 3.63) is 0 Å². The zero-order valence-electron chi connectivity index (χ0n) is 8.94. The van der Waals surface area contributed by atoms with E-state index < -0.39 is 0 Å². The summed E-state index contributed by atoms with van der Waals surface area (Å²) in [6.07, 6.45) is 11.5. The third-order valence-electron chi connectivity index (χ3n) is 4.38. The highest BCUT2D eigenvalue weighted by atomic mass is 14.7. The normalized spacial score (nSPS) is 29.1. The van der Waals surface area contributed by atoms with Crippen LogP contribution in [0.5, 0.6) is 0 Å². The lowest BCUT2D eigenvalue weighted by Gasteiger charge is -2.55. The lowest BCUT2D eigenvalue weighted by molar-refractivity contribution is -0.0359. The predicted octanol–water partition coefficient (Wildman–Crippen LogP) is 3.09. The Morgan fingerprint density at radius 2 is 1.77 bits per heavy atom. The molecule has 0 bridgehead atoms. The second kappa shape index (κ2) is 3.27. The molecule has 0 unspecified atom stereocenters. The largest absolute Gasteiger partial charge is 0.330 e. The fourth-order valence-corrected chi connectivity index (χ4v) is 3.97. The first-order valence-electron chi connectivity index (χ1n) is 5.94. The SMILES string of the molecule is CCCC1(CN)CC2(CCCC2)C1. The van der Waals surface area contributed by atoms with Crippen molar-refractivity contribution in [3.63, 3.8) is 0 Å². The standard InChI is InChI=1S/C12H23N/c1-2-5-12(10-13)8-11(9-12)6-3-4-7-11/h2-10,13H2,1H3. The smallest absolute Gasteiger partial charge is 0.00201 e. The fraction of sp³-hybridized carbons (Fsp3) is 1.00. The molecule has 13 heavy (non-hydrogen) atoms. The van der Waals surface area contributed by atoms with E-state index in [1.54, 1.807) is 0 Å². The van der Waals surface area contributed by atoms with Gasteiger partial charge in [0.2, 0.25) is 0 Å². The van der Waals surface area contributed by atoms with Gasteiger partial charge in [-0.3, -0.25) is 0 Å². The summed E-state index contributed by atoms with van der Waals surface area (Å²) in [6, 6.07) is 0. The first-order valence-corrected chi connectivity index (χ1v) is 5.94. The molecule has 0 aromatic heterocycles. The first kappa shape index (κ1) is 9.51. The Labute approximate surface area is 82.1 Å². The molecule has 1 spiro atoms. The maximum absolute atomic E-state index is 5.91. The third kappa shape index (κ3) is 1.52. The van der Waals surface area contributed by atoms with E-state index in [-0.39, 0.29) is 0 Å². The van der Waals surface area contributed by atoms with Crippen molar-refractivity contribution >= 4 is 0 Å². The number of nitrogens with two attached hydrogens (primary N) is 1. The van der Waals surface area contributed by atoms with Crippen molar-refractivity contribution in [3.8, 4) is 0 Å². The van der Waals surface area contributed by atoms with E-state index in [1.807, 2.05) is 0 Å². The molecule has 2 aliphatic rings. The van der Waals surface area contributed by atoms with Crippen LogP contribution in [0.1, 0.15) is 58.3 Å². The van der Waals surface area contributed by atoms with Crippen LogP contribution < -0.4 is 5.73 Å². The van der Waals surface area contributed by atoms with Gasteiger partial charge in [-0.25, -0.2) is 0 Å². The van der Waals surface area contributed by atoms with Crippen LogP contribution in [0.4, 0.5) is 0 Å². The van der Waals surface area contributed by atoms with Gasteiger partial charge >= 0.3 is 0 Å². The summed E-state index contributed by atoms with van der Waals surface area (Å²) < 4.78 is 0.